The average Bonchev–Trinajstić information content (AvgIpc) is 3.29. The molecular formula is C25H22N6O3S. The fourth-order valence-corrected chi connectivity index (χ4v) is 4.54. The van der Waals surface area contributed by atoms with Crippen molar-refractivity contribution in [2.24, 2.45) is 0 Å². The molecule has 2 heterocycles. The van der Waals surface area contributed by atoms with Gasteiger partial charge in [0.2, 0.25) is 4.77 Å². The highest BCUT2D eigenvalue weighted by Crippen LogP contribution is 2.32. The first kappa shape index (κ1) is 22.5. The second-order valence-electron chi connectivity index (χ2n) is 8.38. The summed E-state index contributed by atoms with van der Waals surface area (Å²) in [6, 6.07) is 19.6. The standard InChI is InChI=1S/C25H22N6O3S/c1-15-9-10-17(23(32)26-19-7-4-8-20(13-19)31-25(35)27-28-29-31)12-21(15)30-14-18-6-3-2-5-16(18)11-22(30)24(33)34/h2-10,12-13,22H,11,14H2,1H3,(H,26,32)(H,33,34)(H,27,29,35). The number of nitrogens with zero attached hydrogens (tertiary/aromatic N) is 4. The molecule has 5 rings (SSSR count). The van der Waals surface area contributed by atoms with E-state index in [1.165, 1.54) is 4.68 Å². The average molecular weight is 487 g/mol. The molecule has 1 atom stereocenters. The number of aromatic nitrogens is 4. The molecule has 0 aliphatic carbocycles. The van der Waals surface area contributed by atoms with E-state index in [9.17, 15) is 14.7 Å². The Labute approximate surface area is 206 Å². The van der Waals surface area contributed by atoms with Crippen molar-refractivity contribution >= 4 is 35.5 Å². The Hall–Kier alpha value is -4.31. The van der Waals surface area contributed by atoms with Gasteiger partial charge in [-0.2, -0.15) is 5.21 Å². The number of H-pyrrole nitrogens is 1. The number of tetrazole rings is 1. The maximum Gasteiger partial charge on any atom is 0.326 e. The van der Waals surface area contributed by atoms with Crippen LogP contribution in [0.1, 0.15) is 27.0 Å². The molecule has 35 heavy (non-hydrogen) atoms. The number of nitrogens with one attached hydrogen (secondary N) is 2. The van der Waals surface area contributed by atoms with Crippen LogP contribution in [0.15, 0.2) is 66.7 Å². The number of anilines is 2. The molecule has 0 saturated carbocycles. The Kier molecular flexibility index (Phi) is 5.87. The van der Waals surface area contributed by atoms with Crippen LogP contribution in [-0.4, -0.2) is 43.2 Å². The Balaban J connectivity index is 1.44. The number of carboxylic acids is 1. The van der Waals surface area contributed by atoms with Crippen molar-refractivity contribution in [3.8, 4) is 5.69 Å². The molecule has 0 fully saturated rings. The Morgan fingerprint density at radius 3 is 2.63 bits per heavy atom. The van der Waals surface area contributed by atoms with Gasteiger partial charge >= 0.3 is 5.97 Å². The van der Waals surface area contributed by atoms with Gasteiger partial charge < -0.3 is 15.3 Å². The lowest BCUT2D eigenvalue weighted by atomic mass is 9.92. The number of hydrogen-bond acceptors (Lipinski definition) is 6. The molecule has 1 unspecified atom stereocenters. The summed E-state index contributed by atoms with van der Waals surface area (Å²) >= 11 is 5.14. The molecule has 4 aromatic rings. The normalized spacial score (nSPS) is 14.9. The molecule has 176 valence electrons. The van der Waals surface area contributed by atoms with Crippen LogP contribution < -0.4 is 10.2 Å². The van der Waals surface area contributed by atoms with Crippen LogP contribution in [0.4, 0.5) is 11.4 Å². The summed E-state index contributed by atoms with van der Waals surface area (Å²) in [6.07, 6.45) is 0.402. The Bertz CT molecular complexity index is 1490. The van der Waals surface area contributed by atoms with Gasteiger partial charge in [0.15, 0.2) is 0 Å². The number of carbonyl (C=O) groups is 2. The number of hydrogen-bond donors (Lipinski definition) is 3. The van der Waals surface area contributed by atoms with Crippen molar-refractivity contribution < 1.29 is 14.7 Å². The number of carboxylic acid groups (broad SMARTS) is 1. The Morgan fingerprint density at radius 1 is 1.09 bits per heavy atom. The maximum absolute atomic E-state index is 13.1. The predicted molar refractivity (Wildman–Crippen MR) is 133 cm³/mol. The van der Waals surface area contributed by atoms with Crippen molar-refractivity contribution in [3.05, 3.63) is 93.8 Å². The van der Waals surface area contributed by atoms with E-state index in [1.54, 1.807) is 30.3 Å². The van der Waals surface area contributed by atoms with E-state index in [4.69, 9.17) is 12.2 Å². The second-order valence-corrected chi connectivity index (χ2v) is 8.74. The fourth-order valence-electron chi connectivity index (χ4n) is 4.35. The maximum atomic E-state index is 13.1. The van der Waals surface area contributed by atoms with E-state index in [0.29, 0.717) is 29.9 Å². The lowest BCUT2D eigenvalue weighted by molar-refractivity contribution is -0.138. The largest absolute Gasteiger partial charge is 0.480 e. The number of benzene rings is 3. The molecule has 0 radical (unpaired) electrons. The van der Waals surface area contributed by atoms with E-state index < -0.39 is 12.0 Å². The van der Waals surface area contributed by atoms with Gasteiger partial charge in [-0.1, -0.05) is 46.7 Å². The van der Waals surface area contributed by atoms with Gasteiger partial charge in [-0.15, -0.1) is 0 Å². The summed E-state index contributed by atoms with van der Waals surface area (Å²) in [6.45, 7) is 2.38. The van der Waals surface area contributed by atoms with Crippen molar-refractivity contribution in [2.45, 2.75) is 25.9 Å². The van der Waals surface area contributed by atoms with E-state index in [-0.39, 0.29) is 10.7 Å². The molecule has 9 nitrogen and oxygen atoms in total. The van der Waals surface area contributed by atoms with Gasteiger partial charge in [-0.05, 0) is 66.2 Å². The first-order valence-electron chi connectivity index (χ1n) is 11.0. The molecule has 3 N–H and O–H groups in total. The molecule has 1 aromatic heterocycles. The molecule has 0 spiro atoms. The summed E-state index contributed by atoms with van der Waals surface area (Å²) < 4.78 is 1.79. The zero-order chi connectivity index (χ0) is 24.5. The highest BCUT2D eigenvalue weighted by atomic mass is 32.1. The van der Waals surface area contributed by atoms with E-state index in [0.717, 1.165) is 22.4 Å². The smallest absolute Gasteiger partial charge is 0.326 e. The van der Waals surface area contributed by atoms with Gasteiger partial charge in [0, 0.05) is 29.9 Å². The quantitative estimate of drug-likeness (QED) is 0.366. The lowest BCUT2D eigenvalue weighted by Crippen LogP contribution is -2.46. The fraction of sp³-hybridized carbons (Fsp3) is 0.160. The third-order valence-corrected chi connectivity index (χ3v) is 6.41. The molecule has 1 aliphatic heterocycles. The van der Waals surface area contributed by atoms with E-state index in [2.05, 4.69) is 20.8 Å². The lowest BCUT2D eigenvalue weighted by Gasteiger charge is -2.37. The summed E-state index contributed by atoms with van der Waals surface area (Å²) in [7, 11) is 0. The third-order valence-electron chi connectivity index (χ3n) is 6.15. The molecule has 1 aliphatic rings. The van der Waals surface area contributed by atoms with Crippen molar-refractivity contribution in [1.82, 2.24) is 20.2 Å². The van der Waals surface area contributed by atoms with Crippen LogP contribution in [0.25, 0.3) is 5.69 Å². The second kappa shape index (κ2) is 9.15. The van der Waals surface area contributed by atoms with Gasteiger partial charge in [0.1, 0.15) is 6.04 Å². The van der Waals surface area contributed by atoms with Crippen molar-refractivity contribution in [1.29, 1.82) is 0 Å². The topological polar surface area (TPSA) is 116 Å². The minimum Gasteiger partial charge on any atom is -0.480 e. The minimum absolute atomic E-state index is 0.271. The molecule has 1 amide bonds. The van der Waals surface area contributed by atoms with Crippen LogP contribution in [0, 0.1) is 11.7 Å². The number of aliphatic carboxylic acids is 1. The number of fused-ring (bicyclic) bond motifs is 1. The van der Waals surface area contributed by atoms with E-state index >= 15 is 0 Å². The van der Waals surface area contributed by atoms with Gasteiger partial charge in [0.25, 0.3) is 5.91 Å². The monoisotopic (exact) mass is 486 g/mol. The summed E-state index contributed by atoms with van der Waals surface area (Å²) in [4.78, 5) is 27.1. The van der Waals surface area contributed by atoms with Gasteiger partial charge in [-0.25, -0.2) is 9.48 Å². The summed E-state index contributed by atoms with van der Waals surface area (Å²) in [5, 5.41) is 23.0. The van der Waals surface area contributed by atoms with Crippen molar-refractivity contribution in [3.63, 3.8) is 0 Å². The number of rotatable bonds is 5. The third kappa shape index (κ3) is 4.43. The minimum atomic E-state index is -0.891. The van der Waals surface area contributed by atoms with Crippen LogP contribution in [0.2, 0.25) is 0 Å². The zero-order valence-corrected chi connectivity index (χ0v) is 19.6. The zero-order valence-electron chi connectivity index (χ0n) is 18.8. The number of aryl methyl sites for hydroxylation is 1. The highest BCUT2D eigenvalue weighted by molar-refractivity contribution is 7.71. The van der Waals surface area contributed by atoms with Crippen LogP contribution in [0.3, 0.4) is 0 Å². The number of carbonyl (C=O) groups excluding carboxylic acids is 1. The Morgan fingerprint density at radius 2 is 1.89 bits per heavy atom. The molecule has 3 aromatic carbocycles. The predicted octanol–water partition coefficient (Wildman–Crippen LogP) is 3.90. The number of amides is 1. The van der Waals surface area contributed by atoms with Crippen LogP contribution >= 0.6 is 12.2 Å². The molecular weight excluding hydrogens is 464 g/mol. The van der Waals surface area contributed by atoms with Crippen LogP contribution in [-0.2, 0) is 17.8 Å². The molecule has 10 heteroatoms. The van der Waals surface area contributed by atoms with E-state index in [1.807, 2.05) is 48.2 Å². The first-order chi connectivity index (χ1) is 16.9. The SMILES string of the molecule is Cc1ccc(C(=O)Nc2cccc(-n3[nH]nnc3=S)c2)cc1N1Cc2ccccc2CC1C(=O)O. The van der Waals surface area contributed by atoms with Crippen molar-refractivity contribution in [2.75, 3.05) is 10.2 Å². The highest BCUT2D eigenvalue weighted by Gasteiger charge is 2.32. The first-order valence-corrected chi connectivity index (χ1v) is 11.4. The van der Waals surface area contributed by atoms with Gasteiger partial charge in [-0.3, -0.25) is 4.79 Å². The number of aromatic amines is 1. The molecule has 0 bridgehead atoms. The summed E-state index contributed by atoms with van der Waals surface area (Å²) in [5.41, 5.74) is 5.43. The molecule has 0 saturated heterocycles. The summed E-state index contributed by atoms with van der Waals surface area (Å²) in [5.74, 6) is -1.20. The van der Waals surface area contributed by atoms with Crippen LogP contribution in [0.5, 0.6) is 0 Å². The van der Waals surface area contributed by atoms with Gasteiger partial charge in [0.05, 0.1) is 5.69 Å².